The molecule has 4 nitrogen and oxygen atoms in total. The number of hydrogen-bond donors (Lipinski definition) is 1. The van der Waals surface area contributed by atoms with Crippen LogP contribution in [0.3, 0.4) is 0 Å². The van der Waals surface area contributed by atoms with E-state index in [2.05, 4.69) is 26.2 Å². The second-order valence-corrected chi connectivity index (χ2v) is 5.57. The fourth-order valence-electron chi connectivity index (χ4n) is 1.22. The monoisotopic (exact) mass is 300 g/mol. The van der Waals surface area contributed by atoms with Gasteiger partial charge in [-0.1, -0.05) is 6.07 Å². The van der Waals surface area contributed by atoms with Crippen molar-refractivity contribution < 1.29 is 9.53 Å². The van der Waals surface area contributed by atoms with E-state index in [1.165, 1.54) is 0 Å². The molecule has 0 saturated heterocycles. The number of carbonyl (C=O) groups is 1. The topological polar surface area (TPSA) is 51.2 Å². The van der Waals surface area contributed by atoms with Crippen LogP contribution in [0.4, 0.5) is 4.79 Å². The van der Waals surface area contributed by atoms with E-state index in [1.807, 2.05) is 45.9 Å². The Bertz CT molecular complexity index is 402. The van der Waals surface area contributed by atoms with Crippen molar-refractivity contribution in [1.82, 2.24) is 10.3 Å². The Hall–Kier alpha value is -1.10. The fraction of sp³-hybridized carbons (Fsp3) is 0.500. The Kier molecular flexibility index (Phi) is 4.51. The molecular weight excluding hydrogens is 284 g/mol. The van der Waals surface area contributed by atoms with Crippen LogP contribution in [0.5, 0.6) is 0 Å². The van der Waals surface area contributed by atoms with E-state index in [9.17, 15) is 4.79 Å². The van der Waals surface area contributed by atoms with Crippen LogP contribution in [0.2, 0.25) is 0 Å². The Balaban J connectivity index is 2.61. The number of pyridine rings is 1. The molecule has 0 aliphatic carbocycles. The third-order valence-electron chi connectivity index (χ3n) is 1.91. The lowest BCUT2D eigenvalue weighted by Gasteiger charge is -2.21. The van der Waals surface area contributed by atoms with Gasteiger partial charge in [-0.05, 0) is 55.8 Å². The van der Waals surface area contributed by atoms with Gasteiger partial charge >= 0.3 is 6.09 Å². The first-order valence-electron chi connectivity index (χ1n) is 5.40. The van der Waals surface area contributed by atoms with Crippen molar-refractivity contribution in [2.24, 2.45) is 0 Å². The summed E-state index contributed by atoms with van der Waals surface area (Å²) < 4.78 is 5.91. The first kappa shape index (κ1) is 14.0. The van der Waals surface area contributed by atoms with Gasteiger partial charge in [0.05, 0.1) is 11.7 Å². The van der Waals surface area contributed by atoms with E-state index in [4.69, 9.17) is 4.74 Å². The standard InChI is InChI=1S/C12H17BrN2O2/c1-8(9-6-5-7-10(13)15-9)14-11(16)17-12(2,3)4/h5-8H,1-4H3,(H,14,16). The molecule has 17 heavy (non-hydrogen) atoms. The average molecular weight is 301 g/mol. The molecule has 0 aliphatic heterocycles. The summed E-state index contributed by atoms with van der Waals surface area (Å²) in [5, 5.41) is 2.74. The quantitative estimate of drug-likeness (QED) is 0.851. The molecule has 1 rings (SSSR count). The summed E-state index contributed by atoms with van der Waals surface area (Å²) in [5.74, 6) is 0. The minimum Gasteiger partial charge on any atom is -0.444 e. The van der Waals surface area contributed by atoms with Gasteiger partial charge < -0.3 is 10.1 Å². The zero-order valence-corrected chi connectivity index (χ0v) is 12.0. The number of ether oxygens (including phenoxy) is 1. The summed E-state index contributed by atoms with van der Waals surface area (Å²) in [6, 6.07) is 5.37. The average Bonchev–Trinajstić information content (AvgIpc) is 2.14. The second kappa shape index (κ2) is 5.49. The number of halogens is 1. The zero-order valence-electron chi connectivity index (χ0n) is 10.5. The van der Waals surface area contributed by atoms with E-state index in [-0.39, 0.29) is 6.04 Å². The number of nitrogens with zero attached hydrogens (tertiary/aromatic N) is 1. The highest BCUT2D eigenvalue weighted by Crippen LogP contribution is 2.14. The van der Waals surface area contributed by atoms with Gasteiger partial charge in [0.25, 0.3) is 0 Å². The first-order chi connectivity index (χ1) is 7.78. The first-order valence-corrected chi connectivity index (χ1v) is 6.19. The minimum atomic E-state index is -0.492. The van der Waals surface area contributed by atoms with Crippen molar-refractivity contribution in [2.45, 2.75) is 39.3 Å². The lowest BCUT2D eigenvalue weighted by Crippen LogP contribution is -2.34. The fourth-order valence-corrected chi connectivity index (χ4v) is 1.58. The normalized spacial score (nSPS) is 13.0. The van der Waals surface area contributed by atoms with E-state index in [1.54, 1.807) is 0 Å². The van der Waals surface area contributed by atoms with Gasteiger partial charge in [0.1, 0.15) is 10.2 Å². The highest BCUT2D eigenvalue weighted by Gasteiger charge is 2.18. The number of hydrogen-bond acceptors (Lipinski definition) is 3. The van der Waals surface area contributed by atoms with E-state index >= 15 is 0 Å². The number of aromatic nitrogens is 1. The molecule has 0 aromatic carbocycles. The molecule has 1 N–H and O–H groups in total. The maximum Gasteiger partial charge on any atom is 0.408 e. The summed E-state index contributed by atoms with van der Waals surface area (Å²) in [7, 11) is 0. The van der Waals surface area contributed by atoms with Gasteiger partial charge in [-0.25, -0.2) is 9.78 Å². The second-order valence-electron chi connectivity index (χ2n) is 4.75. The third-order valence-corrected chi connectivity index (χ3v) is 2.36. The van der Waals surface area contributed by atoms with Gasteiger partial charge in [-0.15, -0.1) is 0 Å². The SMILES string of the molecule is CC(NC(=O)OC(C)(C)C)c1cccc(Br)n1. The van der Waals surface area contributed by atoms with Crippen LogP contribution in [0, 0.1) is 0 Å². The van der Waals surface area contributed by atoms with E-state index in [0.29, 0.717) is 0 Å². The zero-order chi connectivity index (χ0) is 13.1. The summed E-state index contributed by atoms with van der Waals surface area (Å²) >= 11 is 3.29. The molecule has 0 fully saturated rings. The molecule has 0 saturated carbocycles. The van der Waals surface area contributed by atoms with E-state index < -0.39 is 11.7 Å². The van der Waals surface area contributed by atoms with Crippen LogP contribution in [0.15, 0.2) is 22.8 Å². The summed E-state index contributed by atoms with van der Waals surface area (Å²) in [6.07, 6.45) is -0.438. The number of nitrogens with one attached hydrogen (secondary N) is 1. The molecule has 1 aromatic rings. The predicted molar refractivity (Wildman–Crippen MR) is 69.7 cm³/mol. The molecule has 0 aliphatic rings. The van der Waals surface area contributed by atoms with E-state index in [0.717, 1.165) is 10.3 Å². The van der Waals surface area contributed by atoms with Crippen molar-refractivity contribution in [3.05, 3.63) is 28.5 Å². The molecule has 5 heteroatoms. The molecule has 1 atom stereocenters. The predicted octanol–water partition coefficient (Wildman–Crippen LogP) is 3.43. The van der Waals surface area contributed by atoms with Crippen LogP contribution >= 0.6 is 15.9 Å². The maximum atomic E-state index is 11.6. The summed E-state index contributed by atoms with van der Waals surface area (Å²) in [6.45, 7) is 7.34. The van der Waals surface area contributed by atoms with Crippen molar-refractivity contribution >= 4 is 22.0 Å². The highest BCUT2D eigenvalue weighted by molar-refractivity contribution is 9.10. The van der Waals surface area contributed by atoms with Crippen molar-refractivity contribution in [2.75, 3.05) is 0 Å². The lowest BCUT2D eigenvalue weighted by molar-refractivity contribution is 0.0507. The van der Waals surface area contributed by atoms with Gasteiger partial charge in [0.2, 0.25) is 0 Å². The highest BCUT2D eigenvalue weighted by atomic mass is 79.9. The van der Waals surface area contributed by atoms with Crippen molar-refractivity contribution in [1.29, 1.82) is 0 Å². The lowest BCUT2D eigenvalue weighted by atomic mass is 10.2. The summed E-state index contributed by atoms with van der Waals surface area (Å²) in [4.78, 5) is 15.8. The van der Waals surface area contributed by atoms with Crippen LogP contribution < -0.4 is 5.32 Å². The van der Waals surface area contributed by atoms with Gasteiger partial charge in [0, 0.05) is 0 Å². The Morgan fingerprint density at radius 3 is 2.65 bits per heavy atom. The van der Waals surface area contributed by atoms with Crippen molar-refractivity contribution in [3.8, 4) is 0 Å². The summed E-state index contributed by atoms with van der Waals surface area (Å²) in [5.41, 5.74) is 0.291. The Morgan fingerprint density at radius 1 is 1.47 bits per heavy atom. The van der Waals surface area contributed by atoms with Gasteiger partial charge in [-0.2, -0.15) is 0 Å². The number of alkyl carbamates (subject to hydrolysis) is 1. The molecule has 0 radical (unpaired) electrons. The van der Waals surface area contributed by atoms with Crippen LogP contribution in [0.25, 0.3) is 0 Å². The smallest absolute Gasteiger partial charge is 0.408 e. The maximum absolute atomic E-state index is 11.6. The number of carbonyl (C=O) groups excluding carboxylic acids is 1. The molecule has 0 spiro atoms. The molecule has 1 aromatic heterocycles. The molecule has 1 unspecified atom stereocenters. The Morgan fingerprint density at radius 2 is 2.12 bits per heavy atom. The minimum absolute atomic E-state index is 0.192. The molecule has 94 valence electrons. The largest absolute Gasteiger partial charge is 0.444 e. The molecular formula is C12H17BrN2O2. The van der Waals surface area contributed by atoms with Crippen LogP contribution in [-0.2, 0) is 4.74 Å². The third kappa shape index (κ3) is 5.17. The molecule has 1 heterocycles. The number of amides is 1. The molecule has 1 amide bonds. The van der Waals surface area contributed by atoms with Crippen molar-refractivity contribution in [3.63, 3.8) is 0 Å². The van der Waals surface area contributed by atoms with Gasteiger partial charge in [0.15, 0.2) is 0 Å². The Labute approximate surface area is 110 Å². The van der Waals surface area contributed by atoms with Gasteiger partial charge in [-0.3, -0.25) is 0 Å². The van der Waals surface area contributed by atoms with Crippen LogP contribution in [0.1, 0.15) is 39.4 Å². The van der Waals surface area contributed by atoms with Crippen LogP contribution in [-0.4, -0.2) is 16.7 Å². The number of rotatable bonds is 2. The molecule has 0 bridgehead atoms.